The molecule has 1 unspecified atom stereocenters. The van der Waals surface area contributed by atoms with Crippen LogP contribution >= 0.6 is 11.6 Å². The zero-order chi connectivity index (χ0) is 19.3. The Labute approximate surface area is 158 Å². The van der Waals surface area contributed by atoms with Crippen molar-refractivity contribution in [1.82, 2.24) is 4.90 Å². The summed E-state index contributed by atoms with van der Waals surface area (Å²) >= 11 is 6.02. The highest BCUT2D eigenvalue weighted by molar-refractivity contribution is 6.31. The highest BCUT2D eigenvalue weighted by Gasteiger charge is 2.26. The number of rotatable bonds is 5. The summed E-state index contributed by atoms with van der Waals surface area (Å²) in [5.41, 5.74) is 0.146. The van der Waals surface area contributed by atoms with Gasteiger partial charge in [-0.25, -0.2) is 9.18 Å². The molecule has 0 aliphatic rings. The summed E-state index contributed by atoms with van der Waals surface area (Å²) in [5.74, 6) is -0.617. The summed E-state index contributed by atoms with van der Waals surface area (Å²) in [6.07, 6.45) is -1.87. The summed E-state index contributed by atoms with van der Waals surface area (Å²) in [6.45, 7) is 5.35. The zero-order valence-corrected chi connectivity index (χ0v) is 15.8. The first-order valence-electron chi connectivity index (χ1n) is 8.31. The molecule has 0 saturated carbocycles. The van der Waals surface area contributed by atoms with Crippen molar-refractivity contribution in [1.29, 1.82) is 0 Å². The Morgan fingerprint density at radius 1 is 1.19 bits per heavy atom. The maximum atomic E-state index is 14.1. The van der Waals surface area contributed by atoms with E-state index in [2.05, 4.69) is 0 Å². The number of carbonyl (C=O) groups excluding carboxylic acids is 1. The molecule has 0 spiro atoms. The Morgan fingerprint density at radius 3 is 2.42 bits per heavy atom. The Bertz CT molecular complexity index is 726. The minimum absolute atomic E-state index is 0.0317. The number of nitrogens with zero attached hydrogens (tertiary/aromatic N) is 1. The molecule has 0 saturated heterocycles. The summed E-state index contributed by atoms with van der Waals surface area (Å²) in [6, 6.07) is 13.5. The smallest absolute Gasteiger partial charge is 0.410 e. The molecule has 2 rings (SSSR count). The fraction of sp³-hybridized carbons (Fsp3) is 0.350. The molecular formula is C20H23ClFNO3. The van der Waals surface area contributed by atoms with Crippen molar-refractivity contribution in [2.24, 2.45) is 0 Å². The number of amides is 1. The fourth-order valence-corrected chi connectivity index (χ4v) is 2.75. The number of carbonyl (C=O) groups is 1. The fourth-order valence-electron chi connectivity index (χ4n) is 2.46. The maximum Gasteiger partial charge on any atom is 0.410 e. The quantitative estimate of drug-likeness (QED) is 0.799. The van der Waals surface area contributed by atoms with Crippen LogP contribution in [0.4, 0.5) is 9.18 Å². The second kappa shape index (κ2) is 8.52. The van der Waals surface area contributed by atoms with Gasteiger partial charge in [0.15, 0.2) is 0 Å². The monoisotopic (exact) mass is 379 g/mol. The van der Waals surface area contributed by atoms with E-state index in [-0.39, 0.29) is 23.7 Å². The second-order valence-electron chi connectivity index (χ2n) is 7.00. The molecule has 26 heavy (non-hydrogen) atoms. The summed E-state index contributed by atoms with van der Waals surface area (Å²) in [7, 11) is 0. The number of benzene rings is 2. The molecule has 1 atom stereocenters. The zero-order valence-electron chi connectivity index (χ0n) is 15.1. The highest BCUT2D eigenvalue weighted by Crippen LogP contribution is 2.27. The van der Waals surface area contributed by atoms with Crippen LogP contribution in [0.5, 0.6) is 0 Å². The van der Waals surface area contributed by atoms with Crippen LogP contribution in [-0.2, 0) is 11.3 Å². The number of halogens is 2. The number of hydrogen-bond donors (Lipinski definition) is 1. The average Bonchev–Trinajstić information content (AvgIpc) is 2.53. The third-order valence-corrected chi connectivity index (χ3v) is 3.92. The van der Waals surface area contributed by atoms with Gasteiger partial charge >= 0.3 is 6.09 Å². The lowest BCUT2D eigenvalue weighted by Crippen LogP contribution is -2.39. The molecule has 0 fully saturated rings. The van der Waals surface area contributed by atoms with Crippen LogP contribution < -0.4 is 0 Å². The van der Waals surface area contributed by atoms with Crippen LogP contribution in [0.3, 0.4) is 0 Å². The van der Waals surface area contributed by atoms with Gasteiger partial charge in [0.1, 0.15) is 17.5 Å². The molecule has 0 aromatic heterocycles. The molecule has 140 valence electrons. The number of hydrogen-bond acceptors (Lipinski definition) is 3. The van der Waals surface area contributed by atoms with E-state index in [9.17, 15) is 14.3 Å². The molecule has 0 radical (unpaired) electrons. The van der Waals surface area contributed by atoms with Gasteiger partial charge in [-0.2, -0.15) is 0 Å². The van der Waals surface area contributed by atoms with Gasteiger partial charge in [0.2, 0.25) is 0 Å². The van der Waals surface area contributed by atoms with Gasteiger partial charge in [-0.05, 0) is 38.5 Å². The van der Waals surface area contributed by atoms with Gasteiger partial charge in [-0.1, -0.05) is 48.0 Å². The van der Waals surface area contributed by atoms with Crippen molar-refractivity contribution in [2.75, 3.05) is 6.54 Å². The van der Waals surface area contributed by atoms with Crippen molar-refractivity contribution in [3.63, 3.8) is 0 Å². The van der Waals surface area contributed by atoms with Crippen molar-refractivity contribution >= 4 is 17.7 Å². The first-order chi connectivity index (χ1) is 12.2. The van der Waals surface area contributed by atoms with Gasteiger partial charge in [0.25, 0.3) is 0 Å². The first-order valence-corrected chi connectivity index (χ1v) is 8.69. The van der Waals surface area contributed by atoms with Crippen molar-refractivity contribution in [3.8, 4) is 0 Å². The van der Waals surface area contributed by atoms with E-state index in [1.165, 1.54) is 23.1 Å². The van der Waals surface area contributed by atoms with Crippen LogP contribution in [0.2, 0.25) is 5.02 Å². The molecule has 0 heterocycles. The van der Waals surface area contributed by atoms with Crippen LogP contribution in [0.1, 0.15) is 38.0 Å². The Hall–Kier alpha value is -2.11. The van der Waals surface area contributed by atoms with Crippen LogP contribution in [0.25, 0.3) is 0 Å². The first kappa shape index (κ1) is 20.2. The number of aliphatic hydroxyl groups excluding tert-OH is 1. The van der Waals surface area contributed by atoms with Crippen LogP contribution in [0.15, 0.2) is 48.5 Å². The molecular weight excluding hydrogens is 357 g/mol. The summed E-state index contributed by atoms with van der Waals surface area (Å²) < 4.78 is 19.5. The summed E-state index contributed by atoms with van der Waals surface area (Å²) in [4.78, 5) is 13.9. The van der Waals surface area contributed by atoms with E-state index in [4.69, 9.17) is 16.3 Å². The lowest BCUT2D eigenvalue weighted by Gasteiger charge is -2.29. The van der Waals surface area contributed by atoms with E-state index in [0.29, 0.717) is 0 Å². The Kier molecular flexibility index (Phi) is 6.62. The van der Waals surface area contributed by atoms with Crippen molar-refractivity contribution in [3.05, 3.63) is 70.5 Å². The Balaban J connectivity index is 2.24. The summed E-state index contributed by atoms with van der Waals surface area (Å²) in [5, 5.41) is 10.6. The number of aliphatic hydroxyl groups is 1. The lowest BCUT2D eigenvalue weighted by molar-refractivity contribution is 0.0121. The SMILES string of the molecule is CC(C)(C)OC(=O)N(Cc1ccccc1)CC(O)c1c(F)cccc1Cl. The van der Waals surface area contributed by atoms with Gasteiger partial charge in [-0.15, -0.1) is 0 Å². The molecule has 0 bridgehead atoms. The van der Waals surface area contributed by atoms with Crippen molar-refractivity contribution in [2.45, 2.75) is 39.0 Å². The molecule has 1 amide bonds. The standard InChI is InChI=1S/C20H23ClFNO3/c1-20(2,3)26-19(25)23(12-14-8-5-4-6-9-14)13-17(24)18-15(21)10-7-11-16(18)22/h4-11,17,24H,12-13H2,1-3H3. The van der Waals surface area contributed by atoms with Crippen molar-refractivity contribution < 1.29 is 19.0 Å². The molecule has 0 aliphatic carbocycles. The van der Waals surface area contributed by atoms with Gasteiger partial charge < -0.3 is 14.7 Å². The van der Waals surface area contributed by atoms with E-state index >= 15 is 0 Å². The molecule has 6 heteroatoms. The third kappa shape index (κ3) is 5.71. The predicted molar refractivity (Wildman–Crippen MR) is 99.5 cm³/mol. The molecule has 0 aliphatic heterocycles. The van der Waals surface area contributed by atoms with E-state index in [0.717, 1.165) is 5.56 Å². The van der Waals surface area contributed by atoms with E-state index < -0.39 is 23.6 Å². The molecule has 1 N–H and O–H groups in total. The maximum absolute atomic E-state index is 14.1. The normalized spacial score (nSPS) is 12.5. The van der Waals surface area contributed by atoms with E-state index in [1.54, 1.807) is 20.8 Å². The molecule has 2 aromatic rings. The van der Waals surface area contributed by atoms with Gasteiger partial charge in [-0.3, -0.25) is 0 Å². The second-order valence-corrected chi connectivity index (χ2v) is 7.40. The lowest BCUT2D eigenvalue weighted by atomic mass is 10.1. The topological polar surface area (TPSA) is 49.8 Å². The molecule has 4 nitrogen and oxygen atoms in total. The predicted octanol–water partition coefficient (Wildman–Crippen LogP) is 4.95. The largest absolute Gasteiger partial charge is 0.444 e. The minimum atomic E-state index is -1.28. The Morgan fingerprint density at radius 2 is 1.85 bits per heavy atom. The third-order valence-electron chi connectivity index (χ3n) is 3.59. The van der Waals surface area contributed by atoms with Gasteiger partial charge in [0.05, 0.1) is 6.54 Å². The number of ether oxygens (including phenoxy) is 1. The average molecular weight is 380 g/mol. The van der Waals surface area contributed by atoms with Crippen LogP contribution in [-0.4, -0.2) is 28.2 Å². The minimum Gasteiger partial charge on any atom is -0.444 e. The van der Waals surface area contributed by atoms with E-state index in [1.807, 2.05) is 30.3 Å². The van der Waals surface area contributed by atoms with Crippen LogP contribution in [0, 0.1) is 5.82 Å². The van der Waals surface area contributed by atoms with Gasteiger partial charge in [0, 0.05) is 17.1 Å². The highest BCUT2D eigenvalue weighted by atomic mass is 35.5. The molecule has 2 aromatic carbocycles.